The molecule has 0 fully saturated rings. The lowest BCUT2D eigenvalue weighted by Gasteiger charge is -2.15. The maximum Gasteiger partial charge on any atom is 0.264 e. The van der Waals surface area contributed by atoms with Crippen LogP contribution in [0.4, 0.5) is 0 Å². The van der Waals surface area contributed by atoms with Gasteiger partial charge >= 0.3 is 0 Å². The molecule has 0 aliphatic rings. The standard InChI is InChI=1S/C27H56O6S2/c1-4-5-6-7-8-9-10-11-12-13-14-15-16-17-18-19-20-32-25-27(30-2)26-34-24-23-31-21-22-33-35(3,28)29/h27H,4-26H2,1-3H3. The highest BCUT2D eigenvalue weighted by molar-refractivity contribution is 7.99. The third-order valence-electron chi connectivity index (χ3n) is 5.98. The summed E-state index contributed by atoms with van der Waals surface area (Å²) < 4.78 is 43.0. The molecule has 0 rings (SSSR count). The Morgan fingerprint density at radius 1 is 0.657 bits per heavy atom. The number of unbranched alkanes of at least 4 members (excludes halogenated alkanes) is 15. The van der Waals surface area contributed by atoms with Gasteiger partial charge in [0.15, 0.2) is 0 Å². The second-order valence-electron chi connectivity index (χ2n) is 9.45. The fourth-order valence-corrected chi connectivity index (χ4v) is 5.10. The highest BCUT2D eigenvalue weighted by Crippen LogP contribution is 2.14. The monoisotopic (exact) mass is 540 g/mol. The van der Waals surface area contributed by atoms with Crippen LogP contribution in [0.1, 0.15) is 110 Å². The van der Waals surface area contributed by atoms with Gasteiger partial charge < -0.3 is 14.2 Å². The molecule has 0 amide bonds. The Morgan fingerprint density at radius 2 is 1.17 bits per heavy atom. The molecule has 35 heavy (non-hydrogen) atoms. The van der Waals surface area contributed by atoms with Gasteiger partial charge in [-0.3, -0.25) is 4.18 Å². The zero-order chi connectivity index (χ0) is 25.9. The first-order valence-electron chi connectivity index (χ1n) is 14.1. The maximum absolute atomic E-state index is 10.8. The predicted molar refractivity (Wildman–Crippen MR) is 150 cm³/mol. The normalized spacial score (nSPS) is 12.9. The molecule has 0 bridgehead atoms. The van der Waals surface area contributed by atoms with Crippen LogP contribution in [-0.4, -0.2) is 72.4 Å². The van der Waals surface area contributed by atoms with Crippen molar-refractivity contribution in [3.63, 3.8) is 0 Å². The smallest absolute Gasteiger partial charge is 0.264 e. The third kappa shape index (κ3) is 30.3. The van der Waals surface area contributed by atoms with Gasteiger partial charge in [0.25, 0.3) is 10.1 Å². The van der Waals surface area contributed by atoms with Crippen LogP contribution < -0.4 is 0 Å². The molecule has 6 nitrogen and oxygen atoms in total. The van der Waals surface area contributed by atoms with Gasteiger partial charge in [-0.2, -0.15) is 20.2 Å². The van der Waals surface area contributed by atoms with E-state index in [0.717, 1.165) is 30.8 Å². The summed E-state index contributed by atoms with van der Waals surface area (Å²) in [4.78, 5) is 0. The second kappa shape index (κ2) is 27.2. The molecule has 0 heterocycles. The van der Waals surface area contributed by atoms with E-state index in [-0.39, 0.29) is 19.3 Å². The number of methoxy groups -OCH3 is 1. The summed E-state index contributed by atoms with van der Waals surface area (Å²) in [6.07, 6.45) is 23.2. The summed E-state index contributed by atoms with van der Waals surface area (Å²) in [5, 5.41) is 0. The van der Waals surface area contributed by atoms with Crippen molar-refractivity contribution < 1.29 is 26.8 Å². The highest BCUT2D eigenvalue weighted by Gasteiger charge is 2.08. The van der Waals surface area contributed by atoms with Crippen molar-refractivity contribution in [1.82, 2.24) is 0 Å². The minimum Gasteiger partial charge on any atom is -0.379 e. The second-order valence-corrected chi connectivity index (χ2v) is 12.2. The first-order chi connectivity index (χ1) is 17.0. The van der Waals surface area contributed by atoms with E-state index < -0.39 is 10.1 Å². The van der Waals surface area contributed by atoms with Crippen LogP contribution in [-0.2, 0) is 28.5 Å². The summed E-state index contributed by atoms with van der Waals surface area (Å²) >= 11 is 1.75. The Balaban J connectivity index is 3.28. The van der Waals surface area contributed by atoms with E-state index in [1.807, 2.05) is 0 Å². The molecule has 0 N–H and O–H groups in total. The topological polar surface area (TPSA) is 71.1 Å². The van der Waals surface area contributed by atoms with Crippen LogP contribution in [0.15, 0.2) is 0 Å². The van der Waals surface area contributed by atoms with Crippen molar-refractivity contribution in [2.45, 2.75) is 116 Å². The van der Waals surface area contributed by atoms with Crippen LogP contribution in [0.3, 0.4) is 0 Å². The van der Waals surface area contributed by atoms with Crippen molar-refractivity contribution in [3.8, 4) is 0 Å². The number of thioether (sulfide) groups is 1. The van der Waals surface area contributed by atoms with E-state index in [2.05, 4.69) is 11.1 Å². The van der Waals surface area contributed by atoms with Gasteiger partial charge in [-0.25, -0.2) is 0 Å². The van der Waals surface area contributed by atoms with Gasteiger partial charge in [0.05, 0.1) is 38.8 Å². The average molecular weight is 541 g/mol. The van der Waals surface area contributed by atoms with Crippen LogP contribution in [0.5, 0.6) is 0 Å². The molecule has 0 aliphatic carbocycles. The van der Waals surface area contributed by atoms with Crippen molar-refractivity contribution in [3.05, 3.63) is 0 Å². The lowest BCUT2D eigenvalue weighted by molar-refractivity contribution is 0.0198. The van der Waals surface area contributed by atoms with E-state index in [9.17, 15) is 8.42 Å². The molecule has 0 saturated heterocycles. The number of hydrogen-bond acceptors (Lipinski definition) is 7. The molecule has 0 saturated carbocycles. The molecular formula is C27H56O6S2. The number of ether oxygens (including phenoxy) is 3. The van der Waals surface area contributed by atoms with Crippen molar-refractivity contribution in [1.29, 1.82) is 0 Å². The van der Waals surface area contributed by atoms with Crippen molar-refractivity contribution in [2.75, 3.05) is 57.9 Å². The Kier molecular flexibility index (Phi) is 27.3. The van der Waals surface area contributed by atoms with Crippen molar-refractivity contribution in [2.24, 2.45) is 0 Å². The fraction of sp³-hybridized carbons (Fsp3) is 1.00. The van der Waals surface area contributed by atoms with Crippen LogP contribution >= 0.6 is 11.8 Å². The van der Waals surface area contributed by atoms with E-state index in [1.165, 1.54) is 96.3 Å². The molecule has 1 atom stereocenters. The summed E-state index contributed by atoms with van der Waals surface area (Å²) in [6.45, 7) is 4.64. The molecule has 0 spiro atoms. The molecule has 0 aromatic rings. The van der Waals surface area contributed by atoms with Crippen LogP contribution in [0.2, 0.25) is 0 Å². The van der Waals surface area contributed by atoms with E-state index in [4.69, 9.17) is 14.2 Å². The Morgan fingerprint density at radius 3 is 1.66 bits per heavy atom. The minimum absolute atomic E-state index is 0.0669. The maximum atomic E-state index is 10.8. The molecule has 212 valence electrons. The number of rotatable bonds is 29. The summed E-state index contributed by atoms with van der Waals surface area (Å²) in [5.74, 6) is 1.69. The zero-order valence-corrected chi connectivity index (χ0v) is 24.7. The van der Waals surface area contributed by atoms with Gasteiger partial charge in [0, 0.05) is 25.2 Å². The summed E-state index contributed by atoms with van der Waals surface area (Å²) in [5.41, 5.74) is 0. The molecule has 0 aromatic carbocycles. The van der Waals surface area contributed by atoms with Crippen LogP contribution in [0, 0.1) is 0 Å². The lowest BCUT2D eigenvalue weighted by Crippen LogP contribution is -2.22. The molecule has 8 heteroatoms. The predicted octanol–water partition coefficient (Wildman–Crippen LogP) is 7.01. The SMILES string of the molecule is CCCCCCCCCCCCCCCCCCOCC(CSCCOCCOS(C)(=O)=O)OC. The molecule has 0 radical (unpaired) electrons. The van der Waals surface area contributed by atoms with E-state index in [1.54, 1.807) is 18.9 Å². The Labute approximate surface area is 222 Å². The van der Waals surface area contributed by atoms with Gasteiger partial charge in [0.2, 0.25) is 0 Å². The summed E-state index contributed by atoms with van der Waals surface area (Å²) in [7, 11) is -1.66. The fourth-order valence-electron chi connectivity index (χ4n) is 3.83. The zero-order valence-electron chi connectivity index (χ0n) is 23.1. The van der Waals surface area contributed by atoms with Gasteiger partial charge in [-0.05, 0) is 6.42 Å². The largest absolute Gasteiger partial charge is 0.379 e. The average Bonchev–Trinajstić information content (AvgIpc) is 2.82. The van der Waals surface area contributed by atoms with Gasteiger partial charge in [0.1, 0.15) is 0 Å². The lowest BCUT2D eigenvalue weighted by atomic mass is 10.0. The molecule has 0 aliphatic heterocycles. The summed E-state index contributed by atoms with van der Waals surface area (Å²) in [6, 6.07) is 0. The highest BCUT2D eigenvalue weighted by atomic mass is 32.2. The van der Waals surface area contributed by atoms with E-state index in [0.29, 0.717) is 13.2 Å². The Hall–Kier alpha value is 0.140. The molecule has 1 unspecified atom stereocenters. The molecule has 0 aromatic heterocycles. The number of hydrogen-bond donors (Lipinski definition) is 0. The van der Waals surface area contributed by atoms with Crippen molar-refractivity contribution >= 4 is 21.9 Å². The Bertz CT molecular complexity index is 516. The minimum atomic E-state index is -3.38. The third-order valence-corrected chi connectivity index (χ3v) is 7.64. The van der Waals surface area contributed by atoms with Gasteiger partial charge in [-0.1, -0.05) is 103 Å². The quantitative estimate of drug-likeness (QED) is 0.0746. The molecular weight excluding hydrogens is 484 g/mol. The first kappa shape index (κ1) is 35.1. The van der Waals surface area contributed by atoms with E-state index >= 15 is 0 Å². The first-order valence-corrected chi connectivity index (χ1v) is 17.1. The van der Waals surface area contributed by atoms with Crippen LogP contribution in [0.25, 0.3) is 0 Å². The van der Waals surface area contributed by atoms with Gasteiger partial charge in [-0.15, -0.1) is 0 Å².